The van der Waals surface area contributed by atoms with Crippen molar-refractivity contribution < 1.29 is 17.6 Å². The quantitative estimate of drug-likeness (QED) is 0.879. The number of carbonyl (C=O) groups is 1. The fraction of sp³-hybridized carbons (Fsp3) is 0.235. The van der Waals surface area contributed by atoms with Crippen molar-refractivity contribution in [2.75, 3.05) is 6.26 Å². The minimum absolute atomic E-state index is 0.149. The molecule has 0 aliphatic rings. The number of sulfone groups is 1. The first-order valence-corrected chi connectivity index (χ1v) is 9.47. The van der Waals surface area contributed by atoms with Gasteiger partial charge >= 0.3 is 0 Å². The van der Waals surface area contributed by atoms with E-state index in [2.05, 4.69) is 5.32 Å². The van der Waals surface area contributed by atoms with Crippen LogP contribution in [0, 0.1) is 5.82 Å². The second-order valence-corrected chi connectivity index (χ2v) is 7.93. The van der Waals surface area contributed by atoms with Gasteiger partial charge in [0.15, 0.2) is 9.84 Å². The summed E-state index contributed by atoms with van der Waals surface area (Å²) in [7, 11) is -3.26. The highest BCUT2D eigenvalue weighted by Crippen LogP contribution is 2.20. The number of halogens is 2. The Morgan fingerprint density at radius 2 is 1.83 bits per heavy atom. The highest BCUT2D eigenvalue weighted by molar-refractivity contribution is 7.90. The number of nitrogens with one attached hydrogen (secondary N) is 1. The fourth-order valence-electron chi connectivity index (χ4n) is 2.24. The van der Waals surface area contributed by atoms with E-state index in [1.165, 1.54) is 30.3 Å². The normalized spacial score (nSPS) is 12.7. The third-order valence-electron chi connectivity index (χ3n) is 3.58. The number of rotatable bonds is 5. The van der Waals surface area contributed by atoms with Gasteiger partial charge in [-0.2, -0.15) is 0 Å². The van der Waals surface area contributed by atoms with Crippen LogP contribution in [0.3, 0.4) is 0 Å². The maximum absolute atomic E-state index is 13.7. The molecule has 0 saturated carbocycles. The van der Waals surface area contributed by atoms with E-state index in [1.807, 2.05) is 0 Å². The number of hydrogen-bond donors (Lipinski definition) is 1. The molecule has 0 aliphatic heterocycles. The molecule has 0 radical (unpaired) electrons. The predicted molar refractivity (Wildman–Crippen MR) is 91.2 cm³/mol. The lowest BCUT2D eigenvalue weighted by Crippen LogP contribution is -2.28. The van der Waals surface area contributed by atoms with Gasteiger partial charge in [0.2, 0.25) is 5.91 Å². The van der Waals surface area contributed by atoms with E-state index in [1.54, 1.807) is 19.1 Å². The Balaban J connectivity index is 2.06. The SMILES string of the molecule is CC(NC(=O)Cc1c(F)cccc1Cl)c1ccc(S(C)(=O)=O)cc1. The zero-order valence-corrected chi connectivity index (χ0v) is 14.8. The lowest BCUT2D eigenvalue weighted by atomic mass is 10.1. The summed E-state index contributed by atoms with van der Waals surface area (Å²) in [6, 6.07) is 10.2. The smallest absolute Gasteiger partial charge is 0.225 e. The maximum Gasteiger partial charge on any atom is 0.225 e. The Bertz CT molecular complexity index is 830. The first-order chi connectivity index (χ1) is 11.2. The van der Waals surface area contributed by atoms with Crippen molar-refractivity contribution in [3.8, 4) is 0 Å². The molecule has 2 aromatic carbocycles. The van der Waals surface area contributed by atoms with Crippen molar-refractivity contribution in [2.24, 2.45) is 0 Å². The highest BCUT2D eigenvalue weighted by Gasteiger charge is 2.15. The van der Waals surface area contributed by atoms with Crippen LogP contribution in [0.5, 0.6) is 0 Å². The Kier molecular flexibility index (Phi) is 5.62. The summed E-state index contributed by atoms with van der Waals surface area (Å²) >= 11 is 5.91. The molecule has 128 valence electrons. The first kappa shape index (κ1) is 18.4. The zero-order valence-electron chi connectivity index (χ0n) is 13.2. The zero-order chi connectivity index (χ0) is 17.9. The molecule has 1 N–H and O–H groups in total. The molecule has 7 heteroatoms. The van der Waals surface area contributed by atoms with Gasteiger partial charge in [-0.25, -0.2) is 12.8 Å². The number of carbonyl (C=O) groups excluding carboxylic acids is 1. The molecule has 0 aliphatic carbocycles. The monoisotopic (exact) mass is 369 g/mol. The van der Waals surface area contributed by atoms with E-state index in [9.17, 15) is 17.6 Å². The van der Waals surface area contributed by atoms with E-state index in [-0.39, 0.29) is 33.9 Å². The van der Waals surface area contributed by atoms with Crippen LogP contribution in [-0.2, 0) is 21.1 Å². The minimum atomic E-state index is -3.26. The molecule has 1 atom stereocenters. The molecule has 4 nitrogen and oxygen atoms in total. The van der Waals surface area contributed by atoms with E-state index in [4.69, 9.17) is 11.6 Å². The number of amides is 1. The largest absolute Gasteiger partial charge is 0.349 e. The molecule has 24 heavy (non-hydrogen) atoms. The fourth-order valence-corrected chi connectivity index (χ4v) is 3.10. The van der Waals surface area contributed by atoms with Gasteiger partial charge in [-0.05, 0) is 36.8 Å². The Morgan fingerprint density at radius 3 is 2.38 bits per heavy atom. The van der Waals surface area contributed by atoms with Gasteiger partial charge in [0.05, 0.1) is 17.4 Å². The molecule has 0 bridgehead atoms. The lowest BCUT2D eigenvalue weighted by Gasteiger charge is -2.15. The number of benzene rings is 2. The van der Waals surface area contributed by atoms with Gasteiger partial charge in [-0.1, -0.05) is 29.8 Å². The summed E-state index contributed by atoms with van der Waals surface area (Å²) in [4.78, 5) is 12.3. The van der Waals surface area contributed by atoms with Crippen LogP contribution in [-0.4, -0.2) is 20.6 Å². The van der Waals surface area contributed by atoms with Crippen molar-refractivity contribution in [3.05, 3.63) is 64.4 Å². The molecule has 1 amide bonds. The molecule has 0 heterocycles. The van der Waals surface area contributed by atoms with E-state index >= 15 is 0 Å². The molecular formula is C17H17ClFNO3S. The van der Waals surface area contributed by atoms with Gasteiger partial charge in [-0.3, -0.25) is 4.79 Å². The molecule has 1 unspecified atom stereocenters. The van der Waals surface area contributed by atoms with Crippen LogP contribution in [0.4, 0.5) is 4.39 Å². The summed E-state index contributed by atoms with van der Waals surface area (Å²) in [6.07, 6.45) is 0.961. The molecule has 0 aromatic heterocycles. The van der Waals surface area contributed by atoms with Gasteiger partial charge in [0.25, 0.3) is 0 Å². The molecule has 0 spiro atoms. The third kappa shape index (κ3) is 4.55. The van der Waals surface area contributed by atoms with Crippen molar-refractivity contribution in [3.63, 3.8) is 0 Å². The van der Waals surface area contributed by atoms with Crippen LogP contribution < -0.4 is 5.32 Å². The van der Waals surface area contributed by atoms with Gasteiger partial charge in [0, 0.05) is 16.8 Å². The standard InChI is InChI=1S/C17H17ClFNO3S/c1-11(12-6-8-13(9-7-12)24(2,22)23)20-17(21)10-14-15(18)4-3-5-16(14)19/h3-9,11H,10H2,1-2H3,(H,20,21). The summed E-state index contributed by atoms with van der Waals surface area (Å²) in [5.41, 5.74) is 0.895. The maximum atomic E-state index is 13.7. The average molecular weight is 370 g/mol. The van der Waals surface area contributed by atoms with E-state index in [0.29, 0.717) is 0 Å². The molecule has 2 aromatic rings. The molecule has 0 saturated heterocycles. The van der Waals surface area contributed by atoms with Crippen molar-refractivity contribution in [1.29, 1.82) is 0 Å². The van der Waals surface area contributed by atoms with Crippen LogP contribution in [0.15, 0.2) is 47.4 Å². The Morgan fingerprint density at radius 1 is 1.21 bits per heavy atom. The molecular weight excluding hydrogens is 353 g/mol. The summed E-state index contributed by atoms with van der Waals surface area (Å²) in [5, 5.41) is 2.95. The van der Waals surface area contributed by atoms with Crippen LogP contribution in [0.25, 0.3) is 0 Å². The van der Waals surface area contributed by atoms with Crippen molar-refractivity contribution in [1.82, 2.24) is 5.32 Å². The highest BCUT2D eigenvalue weighted by atomic mass is 35.5. The van der Waals surface area contributed by atoms with Crippen LogP contribution in [0.1, 0.15) is 24.1 Å². The predicted octanol–water partition coefficient (Wildman–Crippen LogP) is 3.30. The van der Waals surface area contributed by atoms with Crippen LogP contribution >= 0.6 is 11.6 Å². The van der Waals surface area contributed by atoms with Gasteiger partial charge in [0.1, 0.15) is 5.82 Å². The van der Waals surface area contributed by atoms with Gasteiger partial charge < -0.3 is 5.32 Å². The van der Waals surface area contributed by atoms with Crippen molar-refractivity contribution >= 4 is 27.3 Å². The third-order valence-corrected chi connectivity index (χ3v) is 5.07. The number of hydrogen-bond acceptors (Lipinski definition) is 3. The van der Waals surface area contributed by atoms with E-state index in [0.717, 1.165) is 11.8 Å². The van der Waals surface area contributed by atoms with Gasteiger partial charge in [-0.15, -0.1) is 0 Å². The summed E-state index contributed by atoms with van der Waals surface area (Å²) < 4.78 is 36.6. The Hall–Kier alpha value is -1.92. The first-order valence-electron chi connectivity index (χ1n) is 7.20. The minimum Gasteiger partial charge on any atom is -0.349 e. The van der Waals surface area contributed by atoms with Crippen LogP contribution in [0.2, 0.25) is 5.02 Å². The topological polar surface area (TPSA) is 63.2 Å². The molecule has 0 fully saturated rings. The summed E-state index contributed by atoms with van der Waals surface area (Å²) in [6.45, 7) is 1.76. The second-order valence-electron chi connectivity index (χ2n) is 5.51. The molecule has 2 rings (SSSR count). The average Bonchev–Trinajstić information content (AvgIpc) is 2.50. The van der Waals surface area contributed by atoms with Crippen molar-refractivity contribution in [2.45, 2.75) is 24.3 Å². The Labute approximate surface area is 145 Å². The lowest BCUT2D eigenvalue weighted by molar-refractivity contribution is -0.121. The second kappa shape index (κ2) is 7.32. The summed E-state index contributed by atoms with van der Waals surface area (Å²) in [5.74, 6) is -0.899. The van der Waals surface area contributed by atoms with E-state index < -0.39 is 15.7 Å².